The van der Waals surface area contributed by atoms with Crippen molar-refractivity contribution < 1.29 is 9.90 Å². The molecule has 0 saturated carbocycles. The molecule has 0 aliphatic rings. The monoisotopic (exact) mass is 231 g/mol. The molecule has 1 aromatic carbocycles. The first-order chi connectivity index (χ1) is 8.16. The Labute approximate surface area is 98.7 Å². The largest absolute Gasteiger partial charge is 0.476 e. The van der Waals surface area contributed by atoms with Crippen LogP contribution < -0.4 is 0 Å². The Bertz CT molecular complexity index is 507. The fraction of sp³-hybridized carbons (Fsp3) is 0.250. The predicted octanol–water partition coefficient (Wildman–Crippen LogP) is 1.78. The van der Waals surface area contributed by atoms with Gasteiger partial charge >= 0.3 is 5.97 Å². The molecular formula is C12H13N3O2. The van der Waals surface area contributed by atoms with Crippen LogP contribution in [0.5, 0.6) is 0 Å². The first kappa shape index (κ1) is 11.3. The third kappa shape index (κ3) is 2.69. The summed E-state index contributed by atoms with van der Waals surface area (Å²) in [7, 11) is 0. The van der Waals surface area contributed by atoms with E-state index in [1.54, 1.807) is 4.68 Å². The van der Waals surface area contributed by atoms with Crippen LogP contribution in [0.25, 0.3) is 0 Å². The van der Waals surface area contributed by atoms with Gasteiger partial charge in [-0.25, -0.2) is 9.48 Å². The zero-order valence-electron chi connectivity index (χ0n) is 9.45. The van der Waals surface area contributed by atoms with Crippen LogP contribution in [-0.2, 0) is 6.42 Å². The van der Waals surface area contributed by atoms with Crippen molar-refractivity contribution in [3.8, 4) is 0 Å². The second-order valence-electron chi connectivity index (χ2n) is 3.93. The van der Waals surface area contributed by atoms with E-state index >= 15 is 0 Å². The zero-order valence-corrected chi connectivity index (χ0v) is 9.45. The topological polar surface area (TPSA) is 68.0 Å². The summed E-state index contributed by atoms with van der Waals surface area (Å²) in [5.41, 5.74) is 1.16. The Morgan fingerprint density at radius 2 is 2.12 bits per heavy atom. The zero-order chi connectivity index (χ0) is 12.3. The number of rotatable bonds is 4. The minimum atomic E-state index is -1.05. The number of aromatic carboxylic acids is 1. The van der Waals surface area contributed by atoms with Crippen LogP contribution >= 0.6 is 0 Å². The molecular weight excluding hydrogens is 218 g/mol. The molecule has 1 heterocycles. The van der Waals surface area contributed by atoms with Gasteiger partial charge in [-0.3, -0.25) is 0 Å². The van der Waals surface area contributed by atoms with E-state index in [0.717, 1.165) is 6.42 Å². The van der Waals surface area contributed by atoms with Crippen LogP contribution in [0, 0.1) is 0 Å². The summed E-state index contributed by atoms with van der Waals surface area (Å²) >= 11 is 0. The molecule has 1 aromatic heterocycles. The van der Waals surface area contributed by atoms with Gasteiger partial charge in [0.05, 0.1) is 12.2 Å². The Hall–Kier alpha value is -2.17. The second-order valence-corrected chi connectivity index (χ2v) is 3.93. The van der Waals surface area contributed by atoms with Crippen LogP contribution in [0.4, 0.5) is 0 Å². The third-order valence-corrected chi connectivity index (χ3v) is 2.55. The fourth-order valence-corrected chi connectivity index (χ4v) is 1.64. The molecule has 5 nitrogen and oxygen atoms in total. The molecule has 0 aliphatic heterocycles. The molecule has 0 bridgehead atoms. The van der Waals surface area contributed by atoms with Crippen LogP contribution in [0.3, 0.4) is 0 Å². The molecule has 0 unspecified atom stereocenters. The number of hydrogen-bond acceptors (Lipinski definition) is 3. The van der Waals surface area contributed by atoms with E-state index < -0.39 is 5.97 Å². The molecule has 88 valence electrons. The van der Waals surface area contributed by atoms with Crippen molar-refractivity contribution in [1.29, 1.82) is 0 Å². The quantitative estimate of drug-likeness (QED) is 0.870. The van der Waals surface area contributed by atoms with Crippen molar-refractivity contribution in [1.82, 2.24) is 15.0 Å². The normalized spacial score (nSPS) is 12.3. The lowest BCUT2D eigenvalue weighted by Crippen LogP contribution is -2.09. The highest BCUT2D eigenvalue weighted by Gasteiger charge is 2.12. The van der Waals surface area contributed by atoms with Crippen molar-refractivity contribution in [3.63, 3.8) is 0 Å². The van der Waals surface area contributed by atoms with Crippen molar-refractivity contribution >= 4 is 5.97 Å². The molecule has 0 spiro atoms. The lowest BCUT2D eigenvalue weighted by Gasteiger charge is -2.10. The van der Waals surface area contributed by atoms with Gasteiger partial charge in [0.1, 0.15) is 0 Å². The third-order valence-electron chi connectivity index (χ3n) is 2.55. The Morgan fingerprint density at radius 1 is 1.41 bits per heavy atom. The first-order valence-corrected chi connectivity index (χ1v) is 5.36. The summed E-state index contributed by atoms with van der Waals surface area (Å²) in [5.74, 6) is -1.05. The van der Waals surface area contributed by atoms with E-state index in [2.05, 4.69) is 10.3 Å². The van der Waals surface area contributed by atoms with Crippen molar-refractivity contribution in [3.05, 3.63) is 47.8 Å². The van der Waals surface area contributed by atoms with Crippen LogP contribution in [0.1, 0.15) is 29.0 Å². The highest BCUT2D eigenvalue weighted by Crippen LogP contribution is 2.12. The van der Waals surface area contributed by atoms with Gasteiger partial charge in [0.25, 0.3) is 0 Å². The van der Waals surface area contributed by atoms with Crippen molar-refractivity contribution in [2.45, 2.75) is 19.4 Å². The molecule has 2 rings (SSSR count). The highest BCUT2D eigenvalue weighted by molar-refractivity contribution is 5.84. The lowest BCUT2D eigenvalue weighted by molar-refractivity contribution is 0.0690. The van der Waals surface area contributed by atoms with Gasteiger partial charge in [0, 0.05) is 0 Å². The Balaban J connectivity index is 2.09. The molecule has 0 amide bonds. The first-order valence-electron chi connectivity index (χ1n) is 5.36. The minimum Gasteiger partial charge on any atom is -0.476 e. The van der Waals surface area contributed by atoms with Gasteiger partial charge in [-0.2, -0.15) is 0 Å². The number of nitrogens with zero attached hydrogens (tertiary/aromatic N) is 3. The summed E-state index contributed by atoms with van der Waals surface area (Å²) in [6.07, 6.45) is 2.25. The number of carbonyl (C=O) groups is 1. The summed E-state index contributed by atoms with van der Waals surface area (Å²) in [6, 6.07) is 10.1. The highest BCUT2D eigenvalue weighted by atomic mass is 16.4. The van der Waals surface area contributed by atoms with E-state index in [-0.39, 0.29) is 11.7 Å². The van der Waals surface area contributed by atoms with Gasteiger partial charge in [-0.05, 0) is 18.9 Å². The number of carboxylic acid groups (broad SMARTS) is 1. The van der Waals surface area contributed by atoms with Gasteiger partial charge < -0.3 is 5.11 Å². The maximum Gasteiger partial charge on any atom is 0.358 e. The number of carboxylic acids is 1. The van der Waals surface area contributed by atoms with Crippen LogP contribution in [0.2, 0.25) is 0 Å². The Morgan fingerprint density at radius 3 is 2.71 bits per heavy atom. The van der Waals surface area contributed by atoms with Gasteiger partial charge in [0.2, 0.25) is 0 Å². The van der Waals surface area contributed by atoms with E-state index in [4.69, 9.17) is 5.11 Å². The molecule has 5 heteroatoms. The maximum absolute atomic E-state index is 10.7. The van der Waals surface area contributed by atoms with Gasteiger partial charge in [0.15, 0.2) is 5.69 Å². The van der Waals surface area contributed by atoms with E-state index in [0.29, 0.717) is 0 Å². The summed E-state index contributed by atoms with van der Waals surface area (Å²) in [5, 5.41) is 16.2. The molecule has 1 atom stereocenters. The molecule has 1 N–H and O–H groups in total. The number of aromatic nitrogens is 3. The summed E-state index contributed by atoms with van der Waals surface area (Å²) in [6.45, 7) is 1.98. The fourth-order valence-electron chi connectivity index (χ4n) is 1.64. The predicted molar refractivity (Wildman–Crippen MR) is 61.8 cm³/mol. The Kier molecular flexibility index (Phi) is 3.18. The molecule has 0 radical (unpaired) electrons. The molecule has 2 aromatic rings. The number of hydrogen-bond donors (Lipinski definition) is 1. The average Bonchev–Trinajstić information content (AvgIpc) is 2.79. The molecule has 0 aliphatic carbocycles. The minimum absolute atomic E-state index is 0.0232. The van der Waals surface area contributed by atoms with Crippen LogP contribution in [0.15, 0.2) is 36.5 Å². The second kappa shape index (κ2) is 4.78. The van der Waals surface area contributed by atoms with Crippen LogP contribution in [-0.4, -0.2) is 26.1 Å². The molecule has 17 heavy (non-hydrogen) atoms. The van der Waals surface area contributed by atoms with E-state index in [1.165, 1.54) is 11.8 Å². The molecule has 0 saturated heterocycles. The van der Waals surface area contributed by atoms with E-state index in [9.17, 15) is 4.79 Å². The summed E-state index contributed by atoms with van der Waals surface area (Å²) < 4.78 is 1.58. The lowest BCUT2D eigenvalue weighted by atomic mass is 10.1. The SMILES string of the molecule is C[C@@H](Cc1ccccc1)n1cc(C(=O)O)nn1. The maximum atomic E-state index is 10.7. The smallest absolute Gasteiger partial charge is 0.358 e. The average molecular weight is 231 g/mol. The summed E-state index contributed by atoms with van der Waals surface area (Å²) in [4.78, 5) is 10.7. The van der Waals surface area contributed by atoms with Crippen molar-refractivity contribution in [2.75, 3.05) is 0 Å². The van der Waals surface area contributed by atoms with Gasteiger partial charge in [-0.15, -0.1) is 5.10 Å². The van der Waals surface area contributed by atoms with E-state index in [1.807, 2.05) is 37.3 Å². The number of benzene rings is 1. The standard InChI is InChI=1S/C12H13N3O2/c1-9(7-10-5-3-2-4-6-10)15-8-11(12(16)17)13-14-15/h2-6,8-9H,7H2,1H3,(H,16,17)/t9-/m0/s1. The van der Waals surface area contributed by atoms with Gasteiger partial charge in [-0.1, -0.05) is 35.5 Å². The van der Waals surface area contributed by atoms with Crippen molar-refractivity contribution in [2.24, 2.45) is 0 Å². The molecule has 0 fully saturated rings.